The molecule has 10 heteroatoms. The summed E-state index contributed by atoms with van der Waals surface area (Å²) in [6, 6.07) is 4.75. The molecule has 0 aliphatic carbocycles. The fourth-order valence-corrected chi connectivity index (χ4v) is 3.81. The second-order valence-corrected chi connectivity index (χ2v) is 8.21. The molecular weight excluding hydrogens is 403 g/mol. The first-order valence-electron chi connectivity index (χ1n) is 10.3. The quantitative estimate of drug-likeness (QED) is 0.718. The fourth-order valence-electron chi connectivity index (χ4n) is 3.81. The molecule has 31 heavy (non-hydrogen) atoms. The fraction of sp³-hybridized carbons (Fsp3) is 0.476. The molecule has 0 unspecified atom stereocenters. The first kappa shape index (κ1) is 21.1. The smallest absolute Gasteiger partial charge is 0.414 e. The van der Waals surface area contributed by atoms with Crippen molar-refractivity contribution in [1.29, 1.82) is 0 Å². The van der Waals surface area contributed by atoms with E-state index in [1.165, 1.54) is 17.9 Å². The lowest BCUT2D eigenvalue weighted by Gasteiger charge is -2.21. The summed E-state index contributed by atoms with van der Waals surface area (Å²) < 4.78 is 22.1. The first-order chi connectivity index (χ1) is 14.8. The third-order valence-corrected chi connectivity index (χ3v) is 5.44. The van der Waals surface area contributed by atoms with Gasteiger partial charge in [-0.05, 0) is 32.3 Å². The second kappa shape index (κ2) is 8.54. The van der Waals surface area contributed by atoms with Crippen LogP contribution in [0, 0.1) is 5.82 Å². The van der Waals surface area contributed by atoms with Crippen LogP contribution in [0.1, 0.15) is 18.2 Å². The zero-order chi connectivity index (χ0) is 22.1. The van der Waals surface area contributed by atoms with Gasteiger partial charge in [0.2, 0.25) is 5.91 Å². The zero-order valence-corrected chi connectivity index (χ0v) is 18.0. The molecule has 2 aliphatic rings. The lowest BCUT2D eigenvalue weighted by Crippen LogP contribution is -2.33. The van der Waals surface area contributed by atoms with Crippen molar-refractivity contribution in [1.82, 2.24) is 20.0 Å². The number of amides is 2. The van der Waals surface area contributed by atoms with Crippen LogP contribution in [-0.4, -0.2) is 66.5 Å². The molecule has 0 bridgehead atoms. The van der Waals surface area contributed by atoms with Gasteiger partial charge >= 0.3 is 6.09 Å². The van der Waals surface area contributed by atoms with Gasteiger partial charge in [0.15, 0.2) is 0 Å². The van der Waals surface area contributed by atoms with Crippen molar-refractivity contribution in [2.24, 2.45) is 0 Å². The number of cyclic esters (lactones) is 1. The van der Waals surface area contributed by atoms with E-state index < -0.39 is 18.0 Å². The van der Waals surface area contributed by atoms with E-state index in [1.807, 2.05) is 29.9 Å². The van der Waals surface area contributed by atoms with E-state index in [0.717, 1.165) is 24.3 Å². The standard InChI is InChI=1S/C21H27FN6O3/c1-14(29)23-9-17-12-28(21(30)31-17)16-4-5-20(18(22)8-16)26-10-15-11-27(7-6-25(2)3)24-19(15)13-26/h4-5,8,11,17H,6-7,9-10,12-13H2,1-3H3,(H,23,29)/t17-/m0/s1. The van der Waals surface area contributed by atoms with E-state index in [2.05, 4.69) is 15.3 Å². The molecule has 0 radical (unpaired) electrons. The topological polar surface area (TPSA) is 82.9 Å². The molecule has 2 amide bonds. The SMILES string of the molecule is CC(=O)NC[C@H]1CN(c2ccc(N3Cc4cn(CCN(C)C)nc4C3)c(F)c2)C(=O)O1. The van der Waals surface area contributed by atoms with E-state index in [-0.39, 0.29) is 19.0 Å². The summed E-state index contributed by atoms with van der Waals surface area (Å²) >= 11 is 0. The summed E-state index contributed by atoms with van der Waals surface area (Å²) in [6.45, 7) is 4.76. The number of hydrogen-bond donors (Lipinski definition) is 1. The van der Waals surface area contributed by atoms with Gasteiger partial charge in [0.25, 0.3) is 0 Å². The van der Waals surface area contributed by atoms with Gasteiger partial charge in [0, 0.05) is 31.8 Å². The van der Waals surface area contributed by atoms with Crippen LogP contribution in [0.15, 0.2) is 24.4 Å². The number of likely N-dealkylation sites (N-methyl/N-ethyl adjacent to an activating group) is 1. The highest BCUT2D eigenvalue weighted by Crippen LogP contribution is 2.32. The predicted molar refractivity (Wildman–Crippen MR) is 113 cm³/mol. The highest BCUT2D eigenvalue weighted by molar-refractivity contribution is 5.90. The van der Waals surface area contributed by atoms with E-state index in [1.54, 1.807) is 12.1 Å². The van der Waals surface area contributed by atoms with Crippen molar-refractivity contribution in [2.75, 3.05) is 43.5 Å². The Hall–Kier alpha value is -3.14. The first-order valence-corrected chi connectivity index (χ1v) is 10.3. The van der Waals surface area contributed by atoms with Gasteiger partial charge in [-0.2, -0.15) is 5.10 Å². The van der Waals surface area contributed by atoms with Crippen molar-refractivity contribution in [3.63, 3.8) is 0 Å². The number of carbonyl (C=O) groups excluding carboxylic acids is 2. The monoisotopic (exact) mass is 430 g/mol. The van der Waals surface area contributed by atoms with Crippen molar-refractivity contribution >= 4 is 23.4 Å². The summed E-state index contributed by atoms with van der Waals surface area (Å²) in [5.41, 5.74) is 2.98. The predicted octanol–water partition coefficient (Wildman–Crippen LogP) is 1.57. The van der Waals surface area contributed by atoms with Gasteiger partial charge in [0.05, 0.1) is 43.2 Å². The molecule has 1 atom stereocenters. The molecule has 4 rings (SSSR count). The van der Waals surface area contributed by atoms with Crippen molar-refractivity contribution in [3.05, 3.63) is 41.5 Å². The number of benzene rings is 1. The highest BCUT2D eigenvalue weighted by Gasteiger charge is 2.33. The average molecular weight is 430 g/mol. The number of nitrogens with zero attached hydrogens (tertiary/aromatic N) is 5. The van der Waals surface area contributed by atoms with Crippen LogP contribution in [0.25, 0.3) is 0 Å². The van der Waals surface area contributed by atoms with E-state index in [0.29, 0.717) is 24.5 Å². The molecular formula is C21H27FN6O3. The molecule has 1 fully saturated rings. The summed E-state index contributed by atoms with van der Waals surface area (Å²) in [6.07, 6.45) is 1.02. The van der Waals surface area contributed by atoms with E-state index in [4.69, 9.17) is 4.74 Å². The number of nitrogens with one attached hydrogen (secondary N) is 1. The molecule has 1 saturated heterocycles. The minimum absolute atomic E-state index is 0.194. The minimum Gasteiger partial charge on any atom is -0.442 e. The molecule has 0 spiro atoms. The number of hydrogen-bond acceptors (Lipinski definition) is 6. The van der Waals surface area contributed by atoms with Crippen LogP contribution in [0.5, 0.6) is 0 Å². The van der Waals surface area contributed by atoms with Crippen molar-refractivity contribution in [3.8, 4) is 0 Å². The molecule has 1 aromatic heterocycles. The number of carbonyl (C=O) groups is 2. The van der Waals surface area contributed by atoms with Crippen LogP contribution in [-0.2, 0) is 29.2 Å². The summed E-state index contributed by atoms with van der Waals surface area (Å²) in [5.74, 6) is -0.595. The van der Waals surface area contributed by atoms with Gasteiger partial charge in [-0.25, -0.2) is 9.18 Å². The summed E-state index contributed by atoms with van der Waals surface area (Å²) in [4.78, 5) is 28.6. The number of rotatable bonds is 7. The van der Waals surface area contributed by atoms with Crippen LogP contribution in [0.4, 0.5) is 20.6 Å². The molecule has 1 aromatic carbocycles. The number of aromatic nitrogens is 2. The second-order valence-electron chi connectivity index (χ2n) is 8.21. The van der Waals surface area contributed by atoms with Crippen LogP contribution >= 0.6 is 0 Å². The summed E-state index contributed by atoms with van der Waals surface area (Å²) in [7, 11) is 4.05. The number of halogens is 1. The molecule has 0 saturated carbocycles. The number of ether oxygens (including phenoxy) is 1. The number of anilines is 2. The zero-order valence-electron chi connectivity index (χ0n) is 18.0. The Morgan fingerprint density at radius 1 is 1.35 bits per heavy atom. The average Bonchev–Trinajstić information content (AvgIpc) is 3.37. The lowest BCUT2D eigenvalue weighted by atomic mass is 10.2. The highest BCUT2D eigenvalue weighted by atomic mass is 19.1. The Morgan fingerprint density at radius 2 is 2.16 bits per heavy atom. The normalized spacial score (nSPS) is 18.0. The third kappa shape index (κ3) is 4.63. The molecule has 2 aromatic rings. The van der Waals surface area contributed by atoms with E-state index in [9.17, 15) is 14.0 Å². The maximum Gasteiger partial charge on any atom is 0.414 e. The van der Waals surface area contributed by atoms with Gasteiger partial charge in [0.1, 0.15) is 11.9 Å². The van der Waals surface area contributed by atoms with Crippen LogP contribution in [0.3, 0.4) is 0 Å². The van der Waals surface area contributed by atoms with Gasteiger partial charge in [-0.1, -0.05) is 0 Å². The molecule has 2 aliphatic heterocycles. The van der Waals surface area contributed by atoms with Gasteiger partial charge in [-0.3, -0.25) is 14.4 Å². The Bertz CT molecular complexity index is 968. The van der Waals surface area contributed by atoms with Crippen molar-refractivity contribution < 1.29 is 18.7 Å². The molecule has 1 N–H and O–H groups in total. The van der Waals surface area contributed by atoms with Crippen LogP contribution in [0.2, 0.25) is 0 Å². The minimum atomic E-state index is -0.546. The van der Waals surface area contributed by atoms with Crippen LogP contribution < -0.4 is 15.1 Å². The van der Waals surface area contributed by atoms with Crippen molar-refractivity contribution in [2.45, 2.75) is 32.7 Å². The molecule has 9 nitrogen and oxygen atoms in total. The van der Waals surface area contributed by atoms with E-state index >= 15 is 0 Å². The van der Waals surface area contributed by atoms with Gasteiger partial charge < -0.3 is 19.9 Å². The largest absolute Gasteiger partial charge is 0.442 e. The number of fused-ring (bicyclic) bond motifs is 1. The summed E-state index contributed by atoms with van der Waals surface area (Å²) in [5, 5.41) is 7.25. The Balaban J connectivity index is 1.40. The molecule has 166 valence electrons. The maximum absolute atomic E-state index is 14.9. The molecule has 3 heterocycles. The Morgan fingerprint density at radius 3 is 2.84 bits per heavy atom. The Kier molecular flexibility index (Phi) is 5.81. The Labute approximate surface area is 180 Å². The van der Waals surface area contributed by atoms with Gasteiger partial charge in [-0.15, -0.1) is 0 Å². The third-order valence-electron chi connectivity index (χ3n) is 5.44. The maximum atomic E-state index is 14.9. The lowest BCUT2D eigenvalue weighted by molar-refractivity contribution is -0.119.